The van der Waals surface area contributed by atoms with Gasteiger partial charge < -0.3 is 15.0 Å². The summed E-state index contributed by atoms with van der Waals surface area (Å²) in [5.41, 5.74) is 4.43. The lowest BCUT2D eigenvalue weighted by molar-refractivity contribution is 0.483. The van der Waals surface area contributed by atoms with Gasteiger partial charge in [0.15, 0.2) is 0 Å². The topological polar surface area (TPSA) is 62.8 Å². The maximum Gasteiger partial charge on any atom is 0.129 e. The maximum absolute atomic E-state index is 5.92. The van der Waals surface area contributed by atoms with Crippen LogP contribution in [-0.4, -0.2) is 21.5 Å². The summed E-state index contributed by atoms with van der Waals surface area (Å²) < 4.78 is 5.92. The minimum Gasteiger partial charge on any atom is -0.457 e. The fourth-order valence-corrected chi connectivity index (χ4v) is 2.80. The highest BCUT2D eigenvalue weighted by Gasteiger charge is 2.02. The number of pyridine rings is 1. The Hall–Kier alpha value is -3.18. The van der Waals surface area contributed by atoms with Crippen molar-refractivity contribution in [2.75, 3.05) is 6.54 Å². The van der Waals surface area contributed by atoms with Gasteiger partial charge in [-0.2, -0.15) is 0 Å². The van der Waals surface area contributed by atoms with Crippen molar-refractivity contribution in [3.05, 3.63) is 84.4 Å². The third-order valence-electron chi connectivity index (χ3n) is 4.22. The molecule has 0 atom stereocenters. The van der Waals surface area contributed by atoms with E-state index in [4.69, 9.17) is 4.74 Å². The van der Waals surface area contributed by atoms with E-state index in [1.165, 1.54) is 11.1 Å². The van der Waals surface area contributed by atoms with Gasteiger partial charge in [0, 0.05) is 25.0 Å². The molecule has 0 aliphatic heterocycles. The highest BCUT2D eigenvalue weighted by atomic mass is 16.5. The highest BCUT2D eigenvalue weighted by Crippen LogP contribution is 2.24. The fourth-order valence-electron chi connectivity index (χ4n) is 2.80. The molecule has 0 saturated carbocycles. The second-order valence-electron chi connectivity index (χ2n) is 6.11. The monoisotopic (exact) mass is 344 g/mol. The van der Waals surface area contributed by atoms with Crippen molar-refractivity contribution in [3.63, 3.8) is 0 Å². The van der Waals surface area contributed by atoms with E-state index in [0.717, 1.165) is 42.0 Å². The molecule has 0 unspecified atom stereocenters. The number of benzene rings is 2. The van der Waals surface area contributed by atoms with E-state index >= 15 is 0 Å². The Morgan fingerprint density at radius 3 is 2.54 bits per heavy atom. The van der Waals surface area contributed by atoms with E-state index in [2.05, 4.69) is 44.5 Å². The van der Waals surface area contributed by atoms with Crippen molar-refractivity contribution in [1.82, 2.24) is 20.3 Å². The Morgan fingerprint density at radius 1 is 0.885 bits per heavy atom. The van der Waals surface area contributed by atoms with Crippen LogP contribution >= 0.6 is 0 Å². The molecule has 2 aromatic carbocycles. The Kier molecular flexibility index (Phi) is 4.89. The largest absolute Gasteiger partial charge is 0.457 e. The first-order valence-electron chi connectivity index (χ1n) is 8.66. The standard InChI is InChI=1S/C21H20N4O/c1-3-18(26-19-5-6-20-21(13-19)25-15-24-20)4-2-17(1)14-23-12-9-16-7-10-22-11-8-16/h1-8,10-11,13,15,23H,9,12,14H2,(H,24,25). The maximum atomic E-state index is 5.92. The predicted octanol–water partition coefficient (Wildman–Crippen LogP) is 4.08. The van der Waals surface area contributed by atoms with Crippen LogP contribution in [0, 0.1) is 0 Å². The summed E-state index contributed by atoms with van der Waals surface area (Å²) in [5, 5.41) is 3.46. The molecule has 2 heterocycles. The number of rotatable bonds is 7. The van der Waals surface area contributed by atoms with Crippen LogP contribution in [0.5, 0.6) is 11.5 Å². The Balaban J connectivity index is 1.29. The van der Waals surface area contributed by atoms with E-state index < -0.39 is 0 Å². The van der Waals surface area contributed by atoms with Gasteiger partial charge in [-0.3, -0.25) is 4.98 Å². The summed E-state index contributed by atoms with van der Waals surface area (Å²) in [5.74, 6) is 1.62. The van der Waals surface area contributed by atoms with Gasteiger partial charge in [-0.25, -0.2) is 4.98 Å². The zero-order valence-corrected chi connectivity index (χ0v) is 14.4. The zero-order chi connectivity index (χ0) is 17.6. The minimum absolute atomic E-state index is 0.796. The number of aromatic nitrogens is 3. The number of hydrogen-bond acceptors (Lipinski definition) is 4. The molecule has 4 aromatic rings. The molecular formula is C21H20N4O. The van der Waals surface area contributed by atoms with Crippen molar-refractivity contribution < 1.29 is 4.74 Å². The van der Waals surface area contributed by atoms with E-state index in [1.807, 2.05) is 42.7 Å². The summed E-state index contributed by atoms with van der Waals surface area (Å²) in [6.07, 6.45) is 6.35. The number of hydrogen-bond donors (Lipinski definition) is 2. The first-order valence-corrected chi connectivity index (χ1v) is 8.66. The number of H-pyrrole nitrogens is 1. The second-order valence-corrected chi connectivity index (χ2v) is 6.11. The summed E-state index contributed by atoms with van der Waals surface area (Å²) in [6, 6.07) is 18.1. The molecular weight excluding hydrogens is 324 g/mol. The third kappa shape index (κ3) is 4.07. The molecule has 0 spiro atoms. The van der Waals surface area contributed by atoms with Gasteiger partial charge in [-0.05, 0) is 60.5 Å². The molecule has 5 nitrogen and oxygen atoms in total. The van der Waals surface area contributed by atoms with Crippen LogP contribution in [0.15, 0.2) is 73.3 Å². The normalized spacial score (nSPS) is 10.9. The molecule has 0 bridgehead atoms. The molecule has 2 aromatic heterocycles. The van der Waals surface area contributed by atoms with Gasteiger partial charge >= 0.3 is 0 Å². The van der Waals surface area contributed by atoms with Crippen LogP contribution in [0.2, 0.25) is 0 Å². The number of nitrogens with one attached hydrogen (secondary N) is 2. The fraction of sp³-hybridized carbons (Fsp3) is 0.143. The lowest BCUT2D eigenvalue weighted by atomic mass is 10.2. The summed E-state index contributed by atoms with van der Waals surface area (Å²) >= 11 is 0. The SMILES string of the molecule is c1cc(CCNCc2ccc(Oc3ccc4nc[nH]c4c3)cc2)ccn1. The first kappa shape index (κ1) is 16.3. The summed E-state index contributed by atoms with van der Waals surface area (Å²) in [7, 11) is 0. The van der Waals surface area contributed by atoms with Gasteiger partial charge in [0.2, 0.25) is 0 Å². The lowest BCUT2D eigenvalue weighted by Gasteiger charge is -2.08. The van der Waals surface area contributed by atoms with Crippen molar-refractivity contribution in [2.24, 2.45) is 0 Å². The lowest BCUT2D eigenvalue weighted by Crippen LogP contribution is -2.16. The molecule has 4 rings (SSSR count). The minimum atomic E-state index is 0.796. The van der Waals surface area contributed by atoms with E-state index in [9.17, 15) is 0 Å². The van der Waals surface area contributed by atoms with Crippen LogP contribution in [0.25, 0.3) is 11.0 Å². The van der Waals surface area contributed by atoms with E-state index in [0.29, 0.717) is 0 Å². The molecule has 0 fully saturated rings. The summed E-state index contributed by atoms with van der Waals surface area (Å²) in [6.45, 7) is 1.78. The second kappa shape index (κ2) is 7.80. The number of nitrogens with zero attached hydrogens (tertiary/aromatic N) is 2. The number of imidazole rings is 1. The van der Waals surface area contributed by atoms with Crippen LogP contribution in [0.4, 0.5) is 0 Å². The zero-order valence-electron chi connectivity index (χ0n) is 14.4. The molecule has 0 radical (unpaired) electrons. The Morgan fingerprint density at radius 2 is 1.69 bits per heavy atom. The highest BCUT2D eigenvalue weighted by molar-refractivity contribution is 5.76. The number of aromatic amines is 1. The average Bonchev–Trinajstić information content (AvgIpc) is 3.15. The molecule has 0 amide bonds. The van der Waals surface area contributed by atoms with Gasteiger partial charge in [-0.1, -0.05) is 12.1 Å². The molecule has 0 aliphatic rings. The van der Waals surface area contributed by atoms with Crippen molar-refractivity contribution in [3.8, 4) is 11.5 Å². The van der Waals surface area contributed by atoms with Gasteiger partial charge in [0.25, 0.3) is 0 Å². The molecule has 0 aliphatic carbocycles. The number of ether oxygens (including phenoxy) is 1. The van der Waals surface area contributed by atoms with Crippen LogP contribution in [0.1, 0.15) is 11.1 Å². The Bertz CT molecular complexity index is 964. The summed E-state index contributed by atoms with van der Waals surface area (Å²) in [4.78, 5) is 11.3. The molecule has 130 valence electrons. The molecule has 0 saturated heterocycles. The van der Waals surface area contributed by atoms with Crippen molar-refractivity contribution in [2.45, 2.75) is 13.0 Å². The molecule has 2 N–H and O–H groups in total. The van der Waals surface area contributed by atoms with Crippen molar-refractivity contribution in [1.29, 1.82) is 0 Å². The van der Waals surface area contributed by atoms with E-state index in [1.54, 1.807) is 6.33 Å². The average molecular weight is 344 g/mol. The van der Waals surface area contributed by atoms with Crippen LogP contribution in [-0.2, 0) is 13.0 Å². The number of fused-ring (bicyclic) bond motifs is 1. The van der Waals surface area contributed by atoms with Gasteiger partial charge in [-0.15, -0.1) is 0 Å². The quantitative estimate of drug-likeness (QED) is 0.496. The third-order valence-corrected chi connectivity index (χ3v) is 4.22. The first-order chi connectivity index (χ1) is 12.9. The smallest absolute Gasteiger partial charge is 0.129 e. The predicted molar refractivity (Wildman–Crippen MR) is 102 cm³/mol. The van der Waals surface area contributed by atoms with E-state index in [-0.39, 0.29) is 0 Å². The van der Waals surface area contributed by atoms with Crippen LogP contribution in [0.3, 0.4) is 0 Å². The van der Waals surface area contributed by atoms with Gasteiger partial charge in [0.05, 0.1) is 17.4 Å². The van der Waals surface area contributed by atoms with Crippen molar-refractivity contribution >= 4 is 11.0 Å². The molecule has 5 heteroatoms. The van der Waals surface area contributed by atoms with Crippen LogP contribution < -0.4 is 10.1 Å². The molecule has 26 heavy (non-hydrogen) atoms. The Labute approximate surface area is 152 Å². The van der Waals surface area contributed by atoms with Gasteiger partial charge in [0.1, 0.15) is 11.5 Å².